The molecule has 0 saturated carbocycles. The summed E-state index contributed by atoms with van der Waals surface area (Å²) in [4.78, 5) is 22.5. The molecule has 0 saturated heterocycles. The van der Waals surface area contributed by atoms with Crippen molar-refractivity contribution in [2.45, 2.75) is 31.8 Å². The summed E-state index contributed by atoms with van der Waals surface area (Å²) in [5.74, 6) is -0.230. The molecule has 0 bridgehead atoms. The van der Waals surface area contributed by atoms with Gasteiger partial charge in [0.1, 0.15) is 18.5 Å². The largest absolute Gasteiger partial charge is 0.491 e. The molecule has 0 aromatic heterocycles. The predicted molar refractivity (Wildman–Crippen MR) is 103 cm³/mol. The molecule has 1 aromatic rings. The second-order valence-electron chi connectivity index (χ2n) is 6.51. The summed E-state index contributed by atoms with van der Waals surface area (Å²) < 4.78 is 5.51. The molecule has 1 aliphatic rings. The zero-order chi connectivity index (χ0) is 19.5. The highest BCUT2D eigenvalue weighted by Gasteiger charge is 2.27. The number of benzene rings is 1. The molecular weight excluding hydrogens is 344 g/mol. The van der Waals surface area contributed by atoms with Crippen molar-refractivity contribution in [2.24, 2.45) is 11.8 Å². The van der Waals surface area contributed by atoms with E-state index in [-0.39, 0.29) is 30.6 Å². The van der Waals surface area contributed by atoms with Crippen molar-refractivity contribution >= 4 is 11.8 Å². The first-order chi connectivity index (χ1) is 13.1. The molecule has 144 valence electrons. The molecule has 0 radical (unpaired) electrons. The Balaban J connectivity index is 1.76. The Labute approximate surface area is 159 Å². The van der Waals surface area contributed by atoms with Crippen molar-refractivity contribution in [1.29, 1.82) is 0 Å². The van der Waals surface area contributed by atoms with Crippen molar-refractivity contribution in [3.8, 4) is 5.75 Å². The second-order valence-corrected chi connectivity index (χ2v) is 6.51. The fourth-order valence-corrected chi connectivity index (χ4v) is 2.87. The highest BCUT2D eigenvalue weighted by Crippen LogP contribution is 2.27. The lowest BCUT2D eigenvalue weighted by Crippen LogP contribution is -2.17. The van der Waals surface area contributed by atoms with Crippen LogP contribution in [-0.4, -0.2) is 34.7 Å². The normalized spacial score (nSPS) is 20.6. The maximum absolute atomic E-state index is 12.0. The fourth-order valence-electron chi connectivity index (χ4n) is 2.87. The highest BCUT2D eigenvalue weighted by molar-refractivity contribution is 5.95. The van der Waals surface area contributed by atoms with Crippen molar-refractivity contribution in [3.05, 3.63) is 66.8 Å². The SMILES string of the molecule is O=C(O)CCC/C=C/CC1C(=O)C=CC1/C=C/C(O)COc1ccccc1. The van der Waals surface area contributed by atoms with Crippen LogP contribution in [-0.2, 0) is 9.59 Å². The Hall–Kier alpha value is -2.66. The van der Waals surface area contributed by atoms with Gasteiger partial charge in [-0.2, -0.15) is 0 Å². The third kappa shape index (κ3) is 7.62. The monoisotopic (exact) mass is 370 g/mol. The lowest BCUT2D eigenvalue weighted by atomic mass is 9.90. The fraction of sp³-hybridized carbons (Fsp3) is 0.364. The number of carbonyl (C=O) groups excluding carboxylic acids is 1. The summed E-state index contributed by atoms with van der Waals surface area (Å²) in [5.41, 5.74) is 0. The zero-order valence-electron chi connectivity index (χ0n) is 15.2. The van der Waals surface area contributed by atoms with E-state index >= 15 is 0 Å². The number of ketones is 1. The number of carboxylic acid groups (broad SMARTS) is 1. The molecule has 1 aromatic carbocycles. The minimum atomic E-state index is -0.793. The molecule has 27 heavy (non-hydrogen) atoms. The number of ether oxygens (including phenoxy) is 1. The van der Waals surface area contributed by atoms with E-state index in [1.807, 2.05) is 54.6 Å². The van der Waals surface area contributed by atoms with Gasteiger partial charge in [-0.15, -0.1) is 0 Å². The molecule has 5 heteroatoms. The zero-order valence-corrected chi connectivity index (χ0v) is 15.2. The van der Waals surface area contributed by atoms with Crippen molar-refractivity contribution < 1.29 is 24.5 Å². The van der Waals surface area contributed by atoms with Gasteiger partial charge in [0.15, 0.2) is 5.78 Å². The van der Waals surface area contributed by atoms with Crippen molar-refractivity contribution in [2.75, 3.05) is 6.61 Å². The molecule has 3 unspecified atom stereocenters. The first-order valence-electron chi connectivity index (χ1n) is 9.19. The van der Waals surface area contributed by atoms with E-state index in [1.54, 1.807) is 12.2 Å². The van der Waals surface area contributed by atoms with Crippen LogP contribution in [0.25, 0.3) is 0 Å². The lowest BCUT2D eigenvalue weighted by molar-refractivity contribution is -0.137. The van der Waals surface area contributed by atoms with Crippen LogP contribution in [0.5, 0.6) is 5.75 Å². The van der Waals surface area contributed by atoms with E-state index in [9.17, 15) is 14.7 Å². The molecule has 2 N–H and O–H groups in total. The first kappa shape index (κ1) is 20.6. The molecule has 5 nitrogen and oxygen atoms in total. The summed E-state index contributed by atoms with van der Waals surface area (Å²) in [6.07, 6.45) is 12.1. The Morgan fingerprint density at radius 2 is 2.00 bits per heavy atom. The smallest absolute Gasteiger partial charge is 0.303 e. The van der Waals surface area contributed by atoms with Crippen LogP contribution in [0, 0.1) is 11.8 Å². The Morgan fingerprint density at radius 3 is 2.74 bits per heavy atom. The maximum Gasteiger partial charge on any atom is 0.303 e. The molecule has 3 atom stereocenters. The number of hydrogen-bond acceptors (Lipinski definition) is 4. The van der Waals surface area contributed by atoms with Gasteiger partial charge in [-0.05, 0) is 37.5 Å². The van der Waals surface area contributed by atoms with E-state index in [4.69, 9.17) is 9.84 Å². The van der Waals surface area contributed by atoms with Gasteiger partial charge < -0.3 is 14.9 Å². The van der Waals surface area contributed by atoms with E-state index in [0.717, 1.165) is 0 Å². The van der Waals surface area contributed by atoms with Gasteiger partial charge in [0, 0.05) is 18.3 Å². The van der Waals surface area contributed by atoms with Gasteiger partial charge in [0.2, 0.25) is 0 Å². The van der Waals surface area contributed by atoms with Crippen LogP contribution < -0.4 is 4.74 Å². The number of para-hydroxylation sites is 1. The van der Waals surface area contributed by atoms with Crippen LogP contribution in [0.4, 0.5) is 0 Å². The van der Waals surface area contributed by atoms with Crippen LogP contribution in [0.2, 0.25) is 0 Å². The summed E-state index contributed by atoms with van der Waals surface area (Å²) in [5, 5.41) is 18.7. The van der Waals surface area contributed by atoms with Gasteiger partial charge in [0.05, 0.1) is 0 Å². The molecule has 0 heterocycles. The van der Waals surface area contributed by atoms with E-state index in [1.165, 1.54) is 0 Å². The third-order valence-corrected chi connectivity index (χ3v) is 4.35. The lowest BCUT2D eigenvalue weighted by Gasteiger charge is -2.14. The minimum Gasteiger partial charge on any atom is -0.491 e. The van der Waals surface area contributed by atoms with Gasteiger partial charge in [-0.25, -0.2) is 0 Å². The van der Waals surface area contributed by atoms with Gasteiger partial charge >= 0.3 is 5.97 Å². The topological polar surface area (TPSA) is 83.8 Å². The number of carboxylic acids is 1. The van der Waals surface area contributed by atoms with Gasteiger partial charge in [-0.3, -0.25) is 9.59 Å². The third-order valence-electron chi connectivity index (χ3n) is 4.35. The number of hydrogen-bond donors (Lipinski definition) is 2. The summed E-state index contributed by atoms with van der Waals surface area (Å²) in [7, 11) is 0. The standard InChI is InChI=1S/C22H26O5/c23-18(16-27-19-8-4-3-5-9-19)14-12-17-13-15-21(24)20(17)10-6-1-2-7-11-22(25)26/h1,3-6,8-9,12-15,17-18,20,23H,2,7,10-11,16H2,(H,25,26)/b6-1+,14-12+. The Bertz CT molecular complexity index is 690. The number of rotatable bonds is 11. The molecule has 0 amide bonds. The number of aliphatic hydroxyl groups excluding tert-OH is 1. The van der Waals surface area contributed by atoms with E-state index in [2.05, 4.69) is 0 Å². The average molecular weight is 370 g/mol. The second kappa shape index (κ2) is 11.1. The summed E-state index contributed by atoms with van der Waals surface area (Å²) in [6, 6.07) is 9.28. The average Bonchev–Trinajstić information content (AvgIpc) is 3.01. The minimum absolute atomic E-state index is 0.0486. The molecular formula is C22H26O5. The van der Waals surface area contributed by atoms with E-state index < -0.39 is 12.1 Å². The quantitative estimate of drug-likeness (QED) is 0.460. The van der Waals surface area contributed by atoms with Crippen LogP contribution >= 0.6 is 0 Å². The molecule has 1 aliphatic carbocycles. The number of allylic oxidation sites excluding steroid dienone is 5. The molecule has 2 rings (SSSR count). The molecule has 0 spiro atoms. The van der Waals surface area contributed by atoms with Crippen molar-refractivity contribution in [1.82, 2.24) is 0 Å². The van der Waals surface area contributed by atoms with Crippen molar-refractivity contribution in [3.63, 3.8) is 0 Å². The predicted octanol–water partition coefficient (Wildman–Crippen LogP) is 3.56. The highest BCUT2D eigenvalue weighted by atomic mass is 16.5. The van der Waals surface area contributed by atoms with E-state index in [0.29, 0.717) is 25.0 Å². The van der Waals surface area contributed by atoms with Crippen LogP contribution in [0.15, 0.2) is 66.8 Å². The number of aliphatic hydroxyl groups is 1. The molecule has 0 fully saturated rings. The number of unbranched alkanes of at least 4 members (excludes halogenated alkanes) is 1. The number of carbonyl (C=O) groups is 2. The number of aliphatic carboxylic acids is 1. The van der Waals surface area contributed by atoms with Crippen LogP contribution in [0.3, 0.4) is 0 Å². The Morgan fingerprint density at radius 1 is 1.22 bits per heavy atom. The molecule has 0 aliphatic heterocycles. The Kier molecular flexibility index (Phi) is 8.52. The van der Waals surface area contributed by atoms with Crippen LogP contribution in [0.1, 0.15) is 25.7 Å². The van der Waals surface area contributed by atoms with Gasteiger partial charge in [0.25, 0.3) is 0 Å². The maximum atomic E-state index is 12.0. The van der Waals surface area contributed by atoms with Gasteiger partial charge in [-0.1, -0.05) is 48.6 Å². The first-order valence-corrected chi connectivity index (χ1v) is 9.19. The summed E-state index contributed by atoms with van der Waals surface area (Å²) >= 11 is 0. The summed E-state index contributed by atoms with van der Waals surface area (Å²) in [6.45, 7) is 0.152.